The number of carbonyl (C=O) groups is 2. The lowest BCUT2D eigenvalue weighted by atomic mass is 9.97. The lowest BCUT2D eigenvalue weighted by molar-refractivity contribution is -0.129. The molecule has 0 aliphatic carbocycles. The SMILES string of the molecule is COc1ccc(CNC(=O)CNC(=O)C2CCN(S(=O)(=O)c3ccccc3F)CC2)cc1. The third kappa shape index (κ3) is 5.83. The fourth-order valence-electron chi connectivity index (χ4n) is 3.47. The number of ether oxygens (including phenoxy) is 1. The van der Waals surface area contributed by atoms with E-state index < -0.39 is 21.8 Å². The van der Waals surface area contributed by atoms with E-state index >= 15 is 0 Å². The molecule has 1 saturated heterocycles. The summed E-state index contributed by atoms with van der Waals surface area (Å²) in [5.41, 5.74) is 0.897. The van der Waals surface area contributed by atoms with E-state index in [1.807, 2.05) is 12.1 Å². The van der Waals surface area contributed by atoms with Crippen LogP contribution in [-0.2, 0) is 26.2 Å². The number of nitrogens with one attached hydrogen (secondary N) is 2. The van der Waals surface area contributed by atoms with Crippen molar-refractivity contribution in [2.24, 2.45) is 5.92 Å². The van der Waals surface area contributed by atoms with Gasteiger partial charge in [-0.3, -0.25) is 9.59 Å². The number of rotatable bonds is 8. The van der Waals surface area contributed by atoms with Crippen LogP contribution in [0.3, 0.4) is 0 Å². The molecule has 2 aromatic rings. The van der Waals surface area contributed by atoms with Crippen molar-refractivity contribution in [2.45, 2.75) is 24.3 Å². The molecule has 2 N–H and O–H groups in total. The van der Waals surface area contributed by atoms with E-state index in [4.69, 9.17) is 4.74 Å². The van der Waals surface area contributed by atoms with Crippen molar-refractivity contribution in [1.29, 1.82) is 0 Å². The maximum absolute atomic E-state index is 13.9. The van der Waals surface area contributed by atoms with Crippen molar-refractivity contribution in [3.05, 3.63) is 59.9 Å². The van der Waals surface area contributed by atoms with Crippen LogP contribution in [0.1, 0.15) is 18.4 Å². The van der Waals surface area contributed by atoms with Crippen LogP contribution in [-0.4, -0.2) is 51.3 Å². The average molecular weight is 464 g/mol. The Balaban J connectivity index is 1.43. The third-order valence-corrected chi connectivity index (χ3v) is 7.28. The molecule has 0 aromatic heterocycles. The summed E-state index contributed by atoms with van der Waals surface area (Å²) in [5.74, 6) is -1.11. The van der Waals surface area contributed by atoms with Gasteiger partial charge in [-0.05, 0) is 42.7 Å². The summed E-state index contributed by atoms with van der Waals surface area (Å²) in [6.07, 6.45) is 0.597. The lowest BCUT2D eigenvalue weighted by Gasteiger charge is -2.30. The quantitative estimate of drug-likeness (QED) is 0.620. The minimum atomic E-state index is -3.95. The molecule has 1 aliphatic heterocycles. The van der Waals surface area contributed by atoms with Crippen molar-refractivity contribution < 1.29 is 27.1 Å². The van der Waals surface area contributed by atoms with Crippen LogP contribution in [0.4, 0.5) is 4.39 Å². The normalized spacial score (nSPS) is 15.2. The van der Waals surface area contributed by atoms with Gasteiger partial charge in [0, 0.05) is 25.6 Å². The number of piperidine rings is 1. The summed E-state index contributed by atoms with van der Waals surface area (Å²) >= 11 is 0. The first-order valence-corrected chi connectivity index (χ1v) is 11.7. The summed E-state index contributed by atoms with van der Waals surface area (Å²) in [7, 11) is -2.38. The van der Waals surface area contributed by atoms with Gasteiger partial charge < -0.3 is 15.4 Å². The highest BCUT2D eigenvalue weighted by molar-refractivity contribution is 7.89. The molecule has 1 aliphatic rings. The molecule has 0 atom stereocenters. The average Bonchev–Trinajstić information content (AvgIpc) is 2.81. The highest BCUT2D eigenvalue weighted by Crippen LogP contribution is 2.25. The van der Waals surface area contributed by atoms with Gasteiger partial charge in [0.15, 0.2) is 0 Å². The first-order chi connectivity index (χ1) is 15.3. The summed E-state index contributed by atoms with van der Waals surface area (Å²) < 4.78 is 45.5. The van der Waals surface area contributed by atoms with Gasteiger partial charge in [-0.25, -0.2) is 12.8 Å². The largest absolute Gasteiger partial charge is 0.497 e. The molecular weight excluding hydrogens is 437 g/mol. The zero-order valence-electron chi connectivity index (χ0n) is 17.7. The van der Waals surface area contributed by atoms with E-state index in [1.54, 1.807) is 19.2 Å². The standard InChI is InChI=1S/C22H26FN3O5S/c1-31-18-8-6-16(7-9-18)14-24-21(27)15-25-22(28)17-10-12-26(13-11-17)32(29,30)20-5-3-2-4-19(20)23/h2-9,17H,10-15H2,1H3,(H,24,27)(H,25,28). The Bertz CT molecular complexity index is 1050. The first-order valence-electron chi connectivity index (χ1n) is 10.2. The van der Waals surface area contributed by atoms with Gasteiger partial charge in [0.1, 0.15) is 16.5 Å². The predicted octanol–water partition coefficient (Wildman–Crippen LogP) is 1.67. The van der Waals surface area contributed by atoms with Gasteiger partial charge >= 0.3 is 0 Å². The van der Waals surface area contributed by atoms with Gasteiger partial charge in [-0.15, -0.1) is 0 Å². The van der Waals surface area contributed by atoms with E-state index in [1.165, 1.54) is 22.5 Å². The predicted molar refractivity (Wildman–Crippen MR) is 116 cm³/mol. The molecule has 0 bridgehead atoms. The zero-order chi connectivity index (χ0) is 23.1. The van der Waals surface area contributed by atoms with Crippen molar-refractivity contribution in [3.8, 4) is 5.75 Å². The fourth-order valence-corrected chi connectivity index (χ4v) is 5.00. The van der Waals surface area contributed by atoms with Crippen molar-refractivity contribution in [2.75, 3.05) is 26.7 Å². The molecule has 8 nitrogen and oxygen atoms in total. The molecule has 2 aromatic carbocycles. The smallest absolute Gasteiger partial charge is 0.245 e. The van der Waals surface area contributed by atoms with Crippen molar-refractivity contribution >= 4 is 21.8 Å². The highest BCUT2D eigenvalue weighted by Gasteiger charge is 2.33. The number of halogens is 1. The first kappa shape index (κ1) is 23.7. The maximum Gasteiger partial charge on any atom is 0.245 e. The second kappa shape index (κ2) is 10.6. The van der Waals surface area contributed by atoms with E-state index in [0.717, 1.165) is 17.4 Å². The van der Waals surface area contributed by atoms with Crippen LogP contribution in [0, 0.1) is 11.7 Å². The Morgan fingerprint density at radius 2 is 1.72 bits per heavy atom. The lowest BCUT2D eigenvalue weighted by Crippen LogP contribution is -2.45. The van der Waals surface area contributed by atoms with Crippen molar-refractivity contribution in [1.82, 2.24) is 14.9 Å². The molecule has 10 heteroatoms. The van der Waals surface area contributed by atoms with Crippen LogP contribution >= 0.6 is 0 Å². The van der Waals surface area contributed by atoms with Gasteiger partial charge in [0.25, 0.3) is 0 Å². The number of methoxy groups -OCH3 is 1. The summed E-state index contributed by atoms with van der Waals surface area (Å²) in [6, 6.07) is 12.5. The molecule has 2 amide bonds. The zero-order valence-corrected chi connectivity index (χ0v) is 18.5. The van der Waals surface area contributed by atoms with Crippen LogP contribution in [0.25, 0.3) is 0 Å². The molecule has 0 unspecified atom stereocenters. The molecule has 0 spiro atoms. The van der Waals surface area contributed by atoms with Gasteiger partial charge in [0.2, 0.25) is 21.8 Å². The monoisotopic (exact) mass is 463 g/mol. The van der Waals surface area contributed by atoms with Gasteiger partial charge in [0.05, 0.1) is 13.7 Å². The Morgan fingerprint density at radius 3 is 2.34 bits per heavy atom. The van der Waals surface area contributed by atoms with Crippen LogP contribution in [0.15, 0.2) is 53.4 Å². The second-order valence-corrected chi connectivity index (χ2v) is 9.36. The number of hydrogen-bond acceptors (Lipinski definition) is 5. The molecule has 172 valence electrons. The minimum absolute atomic E-state index is 0.110. The number of benzene rings is 2. The Kier molecular flexibility index (Phi) is 7.81. The molecule has 1 heterocycles. The van der Waals surface area contributed by atoms with Crippen LogP contribution in [0.2, 0.25) is 0 Å². The van der Waals surface area contributed by atoms with E-state index in [9.17, 15) is 22.4 Å². The number of nitrogens with zero attached hydrogens (tertiary/aromatic N) is 1. The highest BCUT2D eigenvalue weighted by atomic mass is 32.2. The van der Waals surface area contributed by atoms with Gasteiger partial charge in [-0.1, -0.05) is 24.3 Å². The van der Waals surface area contributed by atoms with Crippen molar-refractivity contribution in [3.63, 3.8) is 0 Å². The van der Waals surface area contributed by atoms with E-state index in [2.05, 4.69) is 10.6 Å². The molecule has 0 saturated carbocycles. The fraction of sp³-hybridized carbons (Fsp3) is 0.364. The topological polar surface area (TPSA) is 105 Å². The molecule has 0 radical (unpaired) electrons. The number of sulfonamides is 1. The Hall–Kier alpha value is -2.98. The van der Waals surface area contributed by atoms with Gasteiger partial charge in [-0.2, -0.15) is 4.31 Å². The number of carbonyl (C=O) groups excluding carboxylic acids is 2. The van der Waals surface area contributed by atoms with E-state index in [0.29, 0.717) is 19.4 Å². The minimum Gasteiger partial charge on any atom is -0.497 e. The second-order valence-electron chi connectivity index (χ2n) is 7.45. The van der Waals surface area contributed by atoms with E-state index in [-0.39, 0.29) is 36.3 Å². The molecule has 1 fully saturated rings. The summed E-state index contributed by atoms with van der Waals surface area (Å²) in [5, 5.41) is 5.33. The maximum atomic E-state index is 13.9. The van der Waals surface area contributed by atoms with Crippen LogP contribution < -0.4 is 15.4 Å². The third-order valence-electron chi connectivity index (χ3n) is 5.35. The molecule has 32 heavy (non-hydrogen) atoms. The molecule has 3 rings (SSSR count). The Labute approximate surface area is 186 Å². The number of amides is 2. The Morgan fingerprint density at radius 1 is 1.06 bits per heavy atom. The summed E-state index contributed by atoms with van der Waals surface area (Å²) in [6.45, 7) is 0.380. The van der Waals surface area contributed by atoms with Crippen LogP contribution in [0.5, 0.6) is 5.75 Å². The summed E-state index contributed by atoms with van der Waals surface area (Å²) in [4.78, 5) is 24.1. The number of hydrogen-bond donors (Lipinski definition) is 2. The molecular formula is C22H26FN3O5S.